The first-order valence-electron chi connectivity index (χ1n) is 9.47. The average molecular weight is 446 g/mol. The van der Waals surface area contributed by atoms with E-state index in [2.05, 4.69) is 4.98 Å². The van der Waals surface area contributed by atoms with E-state index in [1.165, 1.54) is 30.0 Å². The summed E-state index contributed by atoms with van der Waals surface area (Å²) < 4.78 is 5.63. The van der Waals surface area contributed by atoms with Gasteiger partial charge in [0, 0.05) is 33.7 Å². The van der Waals surface area contributed by atoms with E-state index in [4.69, 9.17) is 4.74 Å². The summed E-state index contributed by atoms with van der Waals surface area (Å²) in [4.78, 5) is 51.5. The SMILES string of the molecule is O=C1Oc2ccc([N+](=O)[O-])cc2[C@H]2c3sc(=O)[nH]c3S[C@H]3[C@@H]4C[C@@H]([C@@H]1[C@H]4C(=O)O)[C@H]23. The molecule has 2 fully saturated rings. The van der Waals surface area contributed by atoms with E-state index in [-0.39, 0.29) is 45.2 Å². The second-order valence-corrected chi connectivity index (χ2v) is 10.4. The zero-order valence-electron chi connectivity index (χ0n) is 15.1. The predicted molar refractivity (Wildman–Crippen MR) is 105 cm³/mol. The number of aliphatic carboxylic acids is 1. The Morgan fingerprint density at radius 2 is 2.10 bits per heavy atom. The highest BCUT2D eigenvalue weighted by Gasteiger charge is 2.67. The number of nitro groups is 1. The molecule has 2 bridgehead atoms. The van der Waals surface area contributed by atoms with Gasteiger partial charge in [0.15, 0.2) is 0 Å². The van der Waals surface area contributed by atoms with Crippen LogP contribution in [0.15, 0.2) is 28.0 Å². The van der Waals surface area contributed by atoms with Crippen LogP contribution in [0.4, 0.5) is 5.69 Å². The van der Waals surface area contributed by atoms with Crippen molar-refractivity contribution in [3.63, 3.8) is 0 Å². The summed E-state index contributed by atoms with van der Waals surface area (Å²) in [5.74, 6) is -3.84. The maximum Gasteiger partial charge on any atom is 0.315 e. The number of nitrogens with zero attached hydrogens (tertiary/aromatic N) is 1. The standard InChI is InChI=1S/C19H14N2O7S2/c22-17(23)12-8-4-7-11-10(15-16(29-14(8)11)20-19(25)30-15)6-3-5(21(26)27)1-2-9(6)28-18(24)13(7)12/h1-3,7-8,10-14H,4H2,(H,20,25)(H,22,23)/t7-,8-,10-,11-,12+,13-,14+/m1/s1. The molecular formula is C19H14N2O7S2. The van der Waals surface area contributed by atoms with Gasteiger partial charge in [-0.3, -0.25) is 24.5 Å². The number of aromatic amines is 1. The predicted octanol–water partition coefficient (Wildman–Crippen LogP) is 2.45. The first-order chi connectivity index (χ1) is 14.3. The number of thiazole rings is 1. The summed E-state index contributed by atoms with van der Waals surface area (Å²) in [7, 11) is 0. The number of H-pyrrole nitrogens is 1. The molecule has 2 saturated carbocycles. The van der Waals surface area contributed by atoms with E-state index < -0.39 is 28.7 Å². The van der Waals surface area contributed by atoms with E-state index in [0.717, 1.165) is 16.2 Å². The largest absolute Gasteiger partial charge is 0.481 e. The number of nitrogens with one attached hydrogen (secondary N) is 1. The van der Waals surface area contributed by atoms with Crippen molar-refractivity contribution in [2.75, 3.05) is 0 Å². The van der Waals surface area contributed by atoms with E-state index in [1.54, 1.807) is 0 Å². The van der Waals surface area contributed by atoms with E-state index in [9.17, 15) is 29.6 Å². The number of rotatable bonds is 2. The monoisotopic (exact) mass is 446 g/mol. The highest BCUT2D eigenvalue weighted by atomic mass is 32.2. The van der Waals surface area contributed by atoms with Gasteiger partial charge in [-0.1, -0.05) is 11.3 Å². The lowest BCUT2D eigenvalue weighted by Crippen LogP contribution is -2.49. The van der Waals surface area contributed by atoms with Crippen LogP contribution >= 0.6 is 23.1 Å². The van der Waals surface area contributed by atoms with Gasteiger partial charge in [0.2, 0.25) is 0 Å². The maximum atomic E-state index is 13.0. The minimum absolute atomic E-state index is 0.0897. The van der Waals surface area contributed by atoms with Crippen LogP contribution in [0, 0.1) is 39.7 Å². The fourth-order valence-electron chi connectivity index (χ4n) is 6.10. The molecule has 154 valence electrons. The first-order valence-corrected chi connectivity index (χ1v) is 11.2. The molecule has 0 amide bonds. The third-order valence-electron chi connectivity index (χ3n) is 7.02. The minimum Gasteiger partial charge on any atom is -0.481 e. The Kier molecular flexibility index (Phi) is 3.59. The van der Waals surface area contributed by atoms with Gasteiger partial charge in [0.1, 0.15) is 5.75 Å². The highest BCUT2D eigenvalue weighted by Crippen LogP contribution is 2.68. The van der Waals surface area contributed by atoms with Crippen molar-refractivity contribution in [2.24, 2.45) is 29.6 Å². The van der Waals surface area contributed by atoms with Gasteiger partial charge in [-0.25, -0.2) is 0 Å². The zero-order chi connectivity index (χ0) is 20.9. The number of carboxylic acid groups (broad SMARTS) is 1. The van der Waals surface area contributed by atoms with Crippen LogP contribution < -0.4 is 9.61 Å². The molecule has 3 heterocycles. The number of hydrogen-bond acceptors (Lipinski definition) is 8. The lowest BCUT2D eigenvalue weighted by molar-refractivity contribution is -0.385. The van der Waals surface area contributed by atoms with Crippen LogP contribution in [0.2, 0.25) is 0 Å². The number of carboxylic acids is 1. The van der Waals surface area contributed by atoms with Crippen LogP contribution in [0.3, 0.4) is 0 Å². The number of thioether (sulfide) groups is 1. The second kappa shape index (κ2) is 5.94. The smallest absolute Gasteiger partial charge is 0.315 e. The number of non-ortho nitro benzene ring substituents is 1. The summed E-state index contributed by atoms with van der Waals surface area (Å²) >= 11 is 2.55. The number of carbonyl (C=O) groups is 2. The van der Waals surface area contributed by atoms with E-state index in [0.29, 0.717) is 17.0 Å². The van der Waals surface area contributed by atoms with Gasteiger partial charge in [-0.2, -0.15) is 0 Å². The van der Waals surface area contributed by atoms with Crippen molar-refractivity contribution < 1.29 is 24.4 Å². The number of fused-ring (bicyclic) bond motifs is 6. The Hall–Kier alpha value is -2.66. The number of ether oxygens (including phenoxy) is 1. The Bertz CT molecular complexity index is 1200. The summed E-state index contributed by atoms with van der Waals surface area (Å²) in [6, 6.07) is 4.10. The molecule has 30 heavy (non-hydrogen) atoms. The van der Waals surface area contributed by atoms with Gasteiger partial charge in [-0.05, 0) is 30.2 Å². The molecule has 2 aliphatic heterocycles. The van der Waals surface area contributed by atoms with Crippen molar-refractivity contribution in [1.29, 1.82) is 0 Å². The van der Waals surface area contributed by atoms with Gasteiger partial charge < -0.3 is 14.8 Å². The molecule has 2 aliphatic carbocycles. The fourth-order valence-corrected chi connectivity index (χ4v) is 8.98. The van der Waals surface area contributed by atoms with Crippen molar-refractivity contribution in [3.8, 4) is 5.75 Å². The molecule has 1 aromatic heterocycles. The van der Waals surface area contributed by atoms with Gasteiger partial charge in [0.25, 0.3) is 5.69 Å². The lowest BCUT2D eigenvalue weighted by Gasteiger charge is -2.45. The molecule has 1 aromatic carbocycles. The number of carbonyl (C=O) groups excluding carboxylic acids is 1. The Balaban J connectivity index is 1.63. The van der Waals surface area contributed by atoms with Crippen molar-refractivity contribution >= 4 is 40.7 Å². The molecule has 6 rings (SSSR count). The topological polar surface area (TPSA) is 140 Å². The third kappa shape index (κ3) is 2.21. The third-order valence-corrected chi connectivity index (χ3v) is 9.61. The van der Waals surface area contributed by atoms with Crippen LogP contribution in [0.1, 0.15) is 22.8 Å². The molecule has 9 nitrogen and oxygen atoms in total. The van der Waals surface area contributed by atoms with E-state index >= 15 is 0 Å². The van der Waals surface area contributed by atoms with Crippen molar-refractivity contribution in [3.05, 3.63) is 48.4 Å². The lowest BCUT2D eigenvalue weighted by atomic mass is 9.66. The molecule has 2 aromatic rings. The molecule has 0 saturated heterocycles. The quantitative estimate of drug-likeness (QED) is 0.310. The Morgan fingerprint density at radius 1 is 1.30 bits per heavy atom. The maximum absolute atomic E-state index is 13.0. The van der Waals surface area contributed by atoms with Gasteiger partial charge in [0.05, 0.1) is 21.8 Å². The molecule has 11 heteroatoms. The molecule has 7 atom stereocenters. The van der Waals surface area contributed by atoms with Crippen LogP contribution in [0.25, 0.3) is 0 Å². The summed E-state index contributed by atoms with van der Waals surface area (Å²) in [5.41, 5.74) is 0.398. The molecular weight excluding hydrogens is 432 g/mol. The van der Waals surface area contributed by atoms with Crippen LogP contribution in [-0.4, -0.2) is 32.2 Å². The number of esters is 1. The minimum atomic E-state index is -1.01. The Labute approximate surface area is 176 Å². The fraction of sp³-hybridized carbons (Fsp3) is 0.421. The normalized spacial score (nSPS) is 35.1. The van der Waals surface area contributed by atoms with Gasteiger partial charge >= 0.3 is 16.8 Å². The molecule has 0 spiro atoms. The van der Waals surface area contributed by atoms with Crippen molar-refractivity contribution in [2.45, 2.75) is 22.6 Å². The second-order valence-electron chi connectivity index (χ2n) is 8.20. The molecule has 4 aliphatic rings. The number of aromatic nitrogens is 1. The molecule has 2 N–H and O–H groups in total. The first kappa shape index (κ1) is 18.1. The average Bonchev–Trinajstić information content (AvgIpc) is 3.35. The number of nitro benzene ring substituents is 1. The van der Waals surface area contributed by atoms with Crippen LogP contribution in [0.5, 0.6) is 5.75 Å². The van der Waals surface area contributed by atoms with Crippen molar-refractivity contribution in [1.82, 2.24) is 4.98 Å². The van der Waals surface area contributed by atoms with Crippen LogP contribution in [-0.2, 0) is 9.59 Å². The molecule has 0 unspecified atom stereocenters. The van der Waals surface area contributed by atoms with Gasteiger partial charge in [-0.15, -0.1) is 11.8 Å². The zero-order valence-corrected chi connectivity index (χ0v) is 16.8. The summed E-state index contributed by atoms with van der Waals surface area (Å²) in [6.45, 7) is 0. The summed E-state index contributed by atoms with van der Waals surface area (Å²) in [5, 5.41) is 21.9. The number of benzene rings is 1. The Morgan fingerprint density at radius 3 is 2.83 bits per heavy atom. The highest BCUT2D eigenvalue weighted by molar-refractivity contribution is 8.00. The number of hydrogen-bond donors (Lipinski definition) is 2. The van der Waals surface area contributed by atoms with E-state index in [1.807, 2.05) is 0 Å². The molecule has 0 radical (unpaired) electrons. The summed E-state index contributed by atoms with van der Waals surface area (Å²) in [6.07, 6.45) is 0.596.